The maximum atomic E-state index is 6.06. The maximum absolute atomic E-state index is 6.06. The van der Waals surface area contributed by atoms with Gasteiger partial charge in [0.05, 0.1) is 24.9 Å². The van der Waals surface area contributed by atoms with E-state index in [2.05, 4.69) is 16.8 Å². The topological polar surface area (TPSA) is 60.1 Å². The quantitative estimate of drug-likeness (QED) is 0.611. The minimum Gasteiger partial charge on any atom is -0.375 e. The molecule has 4 unspecified atom stereocenters. The molecule has 2 bridgehead atoms. The molecule has 0 spiro atoms. The Kier molecular flexibility index (Phi) is 3.93. The van der Waals surface area contributed by atoms with Crippen LogP contribution >= 0.6 is 0 Å². The molecule has 3 aliphatic rings. The first-order valence-corrected chi connectivity index (χ1v) is 7.54. The number of nitrogens with zero attached hydrogens (tertiary/aromatic N) is 2. The van der Waals surface area contributed by atoms with Crippen LogP contribution in [0, 0.1) is 5.92 Å². The van der Waals surface area contributed by atoms with Crippen LogP contribution in [0.15, 0.2) is 4.99 Å². The van der Waals surface area contributed by atoms with Crippen LogP contribution in [0.1, 0.15) is 32.6 Å². The Morgan fingerprint density at radius 1 is 1.42 bits per heavy atom. The van der Waals surface area contributed by atoms with E-state index in [1.807, 2.05) is 0 Å². The van der Waals surface area contributed by atoms with E-state index in [0.717, 1.165) is 32.7 Å². The highest BCUT2D eigenvalue weighted by Gasteiger charge is 2.40. The Morgan fingerprint density at radius 3 is 3.00 bits per heavy atom. The van der Waals surface area contributed by atoms with E-state index < -0.39 is 0 Å². The fourth-order valence-electron chi connectivity index (χ4n) is 3.52. The largest absolute Gasteiger partial charge is 0.375 e. The Hall–Kier alpha value is -0.810. The molecule has 5 heteroatoms. The second kappa shape index (κ2) is 5.67. The van der Waals surface area contributed by atoms with E-state index in [0.29, 0.717) is 24.1 Å². The summed E-state index contributed by atoms with van der Waals surface area (Å²) in [4.78, 5) is 6.67. The molecule has 3 rings (SSSR count). The summed E-state index contributed by atoms with van der Waals surface area (Å²) in [7, 11) is 0. The molecule has 0 aromatic rings. The van der Waals surface area contributed by atoms with Crippen molar-refractivity contribution in [1.82, 2.24) is 4.90 Å². The fraction of sp³-hybridized carbons (Fsp3) is 0.929. The van der Waals surface area contributed by atoms with Gasteiger partial charge in [0.15, 0.2) is 5.96 Å². The lowest BCUT2D eigenvalue weighted by Gasteiger charge is -2.31. The molecule has 0 aromatic carbocycles. The highest BCUT2D eigenvalue weighted by Crippen LogP contribution is 2.40. The van der Waals surface area contributed by atoms with Crippen molar-refractivity contribution in [2.45, 2.75) is 50.9 Å². The van der Waals surface area contributed by atoms with Crippen molar-refractivity contribution in [3.8, 4) is 0 Å². The maximum Gasteiger partial charge on any atom is 0.191 e. The first-order chi connectivity index (χ1) is 9.22. The van der Waals surface area contributed by atoms with Crippen molar-refractivity contribution in [2.75, 3.05) is 26.2 Å². The zero-order chi connectivity index (χ0) is 13.2. The Morgan fingerprint density at radius 2 is 2.32 bits per heavy atom. The number of aliphatic imine (C=N–C) groups is 1. The first-order valence-electron chi connectivity index (χ1n) is 7.54. The molecule has 0 aliphatic carbocycles. The number of hydrogen-bond acceptors (Lipinski definition) is 3. The minimum absolute atomic E-state index is 0.251. The van der Waals surface area contributed by atoms with Gasteiger partial charge < -0.3 is 20.1 Å². The van der Waals surface area contributed by atoms with Crippen LogP contribution in [0.25, 0.3) is 0 Å². The predicted octanol–water partition coefficient (Wildman–Crippen LogP) is 0.979. The highest BCUT2D eigenvalue weighted by molar-refractivity contribution is 5.78. The third-order valence-corrected chi connectivity index (χ3v) is 4.57. The predicted molar refractivity (Wildman–Crippen MR) is 74.1 cm³/mol. The van der Waals surface area contributed by atoms with Crippen LogP contribution in [0.4, 0.5) is 0 Å². The van der Waals surface area contributed by atoms with Gasteiger partial charge in [-0.2, -0.15) is 0 Å². The molecule has 0 aromatic heterocycles. The minimum atomic E-state index is 0.251. The fourth-order valence-corrected chi connectivity index (χ4v) is 3.52. The second-order valence-electron chi connectivity index (χ2n) is 6.03. The van der Waals surface area contributed by atoms with Gasteiger partial charge in [-0.25, -0.2) is 0 Å². The van der Waals surface area contributed by atoms with Crippen molar-refractivity contribution >= 4 is 5.96 Å². The van der Waals surface area contributed by atoms with Crippen molar-refractivity contribution in [2.24, 2.45) is 16.6 Å². The van der Waals surface area contributed by atoms with E-state index in [-0.39, 0.29) is 6.10 Å². The van der Waals surface area contributed by atoms with Crippen molar-refractivity contribution in [3.63, 3.8) is 0 Å². The van der Waals surface area contributed by atoms with Crippen LogP contribution in [0.3, 0.4) is 0 Å². The van der Waals surface area contributed by atoms with Crippen molar-refractivity contribution < 1.29 is 9.47 Å². The average molecular weight is 267 g/mol. The third kappa shape index (κ3) is 3.03. The van der Waals surface area contributed by atoms with Gasteiger partial charge in [0, 0.05) is 19.6 Å². The molecule has 0 saturated carbocycles. The number of nitrogens with two attached hydrogens (primary N) is 1. The molecule has 4 atom stereocenters. The summed E-state index contributed by atoms with van der Waals surface area (Å²) in [5.41, 5.74) is 6.06. The summed E-state index contributed by atoms with van der Waals surface area (Å²) in [5, 5.41) is 0. The van der Waals surface area contributed by atoms with Crippen LogP contribution < -0.4 is 5.73 Å². The monoisotopic (exact) mass is 267 g/mol. The van der Waals surface area contributed by atoms with E-state index in [1.54, 1.807) is 0 Å². The third-order valence-electron chi connectivity index (χ3n) is 4.57. The number of morpholine rings is 1. The molecule has 0 radical (unpaired) electrons. The molecule has 108 valence electrons. The second-order valence-corrected chi connectivity index (χ2v) is 6.03. The summed E-state index contributed by atoms with van der Waals surface area (Å²) in [6.07, 6.45) is 6.15. The number of ether oxygens (including phenoxy) is 2. The normalized spacial score (nSPS) is 39.0. The lowest BCUT2D eigenvalue weighted by Crippen LogP contribution is -2.48. The summed E-state index contributed by atoms with van der Waals surface area (Å²) in [6, 6.07) is 0. The number of fused-ring (bicyclic) bond motifs is 2. The van der Waals surface area contributed by atoms with Gasteiger partial charge in [-0.15, -0.1) is 0 Å². The molecule has 2 N–H and O–H groups in total. The summed E-state index contributed by atoms with van der Waals surface area (Å²) < 4.78 is 11.4. The van der Waals surface area contributed by atoms with Gasteiger partial charge in [-0.3, -0.25) is 4.99 Å². The van der Waals surface area contributed by atoms with Crippen molar-refractivity contribution in [1.29, 1.82) is 0 Å². The average Bonchev–Trinajstić information content (AvgIpc) is 3.01. The van der Waals surface area contributed by atoms with Gasteiger partial charge in [-0.05, 0) is 38.5 Å². The van der Waals surface area contributed by atoms with E-state index in [4.69, 9.17) is 15.2 Å². The Labute approximate surface area is 115 Å². The number of rotatable bonds is 3. The zero-order valence-corrected chi connectivity index (χ0v) is 11.8. The first kappa shape index (κ1) is 13.2. The van der Waals surface area contributed by atoms with Crippen molar-refractivity contribution in [3.05, 3.63) is 0 Å². The van der Waals surface area contributed by atoms with Crippen LogP contribution in [0.5, 0.6) is 0 Å². The van der Waals surface area contributed by atoms with E-state index in [9.17, 15) is 0 Å². The molecule has 3 saturated heterocycles. The summed E-state index contributed by atoms with van der Waals surface area (Å²) in [5.74, 6) is 1.39. The van der Waals surface area contributed by atoms with E-state index in [1.165, 1.54) is 19.3 Å². The summed E-state index contributed by atoms with van der Waals surface area (Å²) >= 11 is 0. The Bertz CT molecular complexity index is 348. The molecular formula is C14H25N3O2. The highest BCUT2D eigenvalue weighted by atomic mass is 16.5. The standard InChI is InChI=1S/C14H25N3O2/c1-10-9-17(6-7-18-10)14(15)16-5-4-11-8-12-2-3-13(11)19-12/h10-13H,2-9H2,1H3,(H2,15,16). The molecule has 5 nitrogen and oxygen atoms in total. The molecule has 0 amide bonds. The van der Waals surface area contributed by atoms with Gasteiger partial charge in [0.2, 0.25) is 0 Å². The van der Waals surface area contributed by atoms with Crippen LogP contribution in [-0.4, -0.2) is 55.4 Å². The number of guanidine groups is 1. The van der Waals surface area contributed by atoms with Gasteiger partial charge in [-0.1, -0.05) is 0 Å². The van der Waals surface area contributed by atoms with Gasteiger partial charge >= 0.3 is 0 Å². The molecular weight excluding hydrogens is 242 g/mol. The molecule has 3 heterocycles. The van der Waals surface area contributed by atoms with Crippen LogP contribution in [-0.2, 0) is 9.47 Å². The van der Waals surface area contributed by atoms with Gasteiger partial charge in [0.1, 0.15) is 0 Å². The lowest BCUT2D eigenvalue weighted by atomic mass is 9.87. The van der Waals surface area contributed by atoms with Gasteiger partial charge in [0.25, 0.3) is 0 Å². The smallest absolute Gasteiger partial charge is 0.191 e. The number of hydrogen-bond donors (Lipinski definition) is 1. The molecule has 19 heavy (non-hydrogen) atoms. The lowest BCUT2D eigenvalue weighted by molar-refractivity contribution is 0.00529. The Balaban J connectivity index is 1.44. The molecule has 3 fully saturated rings. The molecule has 3 aliphatic heterocycles. The van der Waals surface area contributed by atoms with E-state index >= 15 is 0 Å². The summed E-state index contributed by atoms with van der Waals surface area (Å²) in [6.45, 7) is 5.36. The SMILES string of the molecule is CC1CN(C(N)=NCCC2CC3CCC2O3)CCO1. The zero-order valence-electron chi connectivity index (χ0n) is 11.8. The van der Waals surface area contributed by atoms with Crippen LogP contribution in [0.2, 0.25) is 0 Å².